The number of nitrogens with two attached hydrogens (primary N) is 1. The van der Waals surface area contributed by atoms with E-state index < -0.39 is 22.0 Å². The number of anilines is 1. The molecule has 3 aromatic rings. The van der Waals surface area contributed by atoms with Gasteiger partial charge >= 0.3 is 11.9 Å². The van der Waals surface area contributed by atoms with Gasteiger partial charge in [0.25, 0.3) is 0 Å². The molecule has 0 atom stereocenters. The smallest absolute Gasteiger partial charge is 0.342 e. The number of fused-ring (bicyclic) bond motifs is 1. The van der Waals surface area contributed by atoms with Gasteiger partial charge in [-0.1, -0.05) is 12.0 Å². The molecular formula is C21H20N4O7S. The van der Waals surface area contributed by atoms with E-state index in [2.05, 4.69) is 20.6 Å². The maximum atomic E-state index is 12.4. The monoisotopic (exact) mass is 472 g/mol. The normalized spacial score (nSPS) is 11.2. The van der Waals surface area contributed by atoms with Crippen LogP contribution in [0.1, 0.15) is 39.2 Å². The SMILES string of the molecule is C#CCNS(=O)(=O)c1cccc(C(=O)OCc2nc(N)c3c(C(=O)OCC)c(C)oc3n2)c1. The first kappa shape index (κ1) is 23.7. The molecule has 3 rings (SSSR count). The lowest BCUT2D eigenvalue weighted by Gasteiger charge is -2.08. The van der Waals surface area contributed by atoms with E-state index in [-0.39, 0.29) is 64.3 Å². The van der Waals surface area contributed by atoms with E-state index in [0.717, 1.165) is 6.07 Å². The van der Waals surface area contributed by atoms with E-state index >= 15 is 0 Å². The van der Waals surface area contributed by atoms with Crippen molar-refractivity contribution < 1.29 is 31.9 Å². The lowest BCUT2D eigenvalue weighted by molar-refractivity contribution is 0.0461. The van der Waals surface area contributed by atoms with Gasteiger partial charge in [-0.3, -0.25) is 0 Å². The Hall–Kier alpha value is -3.95. The largest absolute Gasteiger partial charge is 0.462 e. The summed E-state index contributed by atoms with van der Waals surface area (Å²) in [6, 6.07) is 5.25. The zero-order valence-corrected chi connectivity index (χ0v) is 18.6. The predicted octanol–water partition coefficient (Wildman–Crippen LogP) is 1.56. The Morgan fingerprint density at radius 3 is 2.70 bits per heavy atom. The van der Waals surface area contributed by atoms with Crippen molar-refractivity contribution in [3.8, 4) is 12.3 Å². The highest BCUT2D eigenvalue weighted by Crippen LogP contribution is 2.29. The predicted molar refractivity (Wildman–Crippen MR) is 116 cm³/mol. The van der Waals surface area contributed by atoms with Gasteiger partial charge in [-0.05, 0) is 32.0 Å². The fourth-order valence-electron chi connectivity index (χ4n) is 2.92. The number of rotatable bonds is 8. The summed E-state index contributed by atoms with van der Waals surface area (Å²) >= 11 is 0. The number of hydrogen-bond acceptors (Lipinski definition) is 10. The first-order valence-electron chi connectivity index (χ1n) is 9.60. The third kappa shape index (κ3) is 5.11. The van der Waals surface area contributed by atoms with Crippen molar-refractivity contribution in [3.63, 3.8) is 0 Å². The molecule has 0 aliphatic rings. The first-order chi connectivity index (χ1) is 15.7. The minimum atomic E-state index is -3.88. The molecule has 0 bridgehead atoms. The topological polar surface area (TPSA) is 164 Å². The second kappa shape index (κ2) is 9.68. The van der Waals surface area contributed by atoms with Crippen LogP contribution in [0.3, 0.4) is 0 Å². The van der Waals surface area contributed by atoms with Gasteiger partial charge < -0.3 is 19.6 Å². The van der Waals surface area contributed by atoms with Gasteiger partial charge in [0.15, 0.2) is 12.4 Å². The molecule has 3 N–H and O–H groups in total. The van der Waals surface area contributed by atoms with Crippen molar-refractivity contribution in [1.29, 1.82) is 0 Å². The van der Waals surface area contributed by atoms with Crippen LogP contribution in [0.4, 0.5) is 5.82 Å². The quantitative estimate of drug-likeness (QED) is 0.363. The summed E-state index contributed by atoms with van der Waals surface area (Å²) in [6.45, 7) is 2.83. The summed E-state index contributed by atoms with van der Waals surface area (Å²) in [4.78, 5) is 32.7. The van der Waals surface area contributed by atoms with Crippen molar-refractivity contribution in [2.24, 2.45) is 0 Å². The molecular weight excluding hydrogens is 452 g/mol. The molecule has 11 nitrogen and oxygen atoms in total. The number of carbonyl (C=O) groups is 2. The Morgan fingerprint density at radius 2 is 2.00 bits per heavy atom. The highest BCUT2D eigenvalue weighted by atomic mass is 32.2. The molecule has 0 amide bonds. The molecule has 0 fully saturated rings. The maximum Gasteiger partial charge on any atom is 0.342 e. The summed E-state index contributed by atoms with van der Waals surface area (Å²) in [5, 5.41) is 0.207. The van der Waals surface area contributed by atoms with Crippen molar-refractivity contribution in [3.05, 3.63) is 47.0 Å². The van der Waals surface area contributed by atoms with E-state index in [1.54, 1.807) is 13.8 Å². The molecule has 12 heteroatoms. The van der Waals surface area contributed by atoms with Gasteiger partial charge in [0.05, 0.1) is 29.0 Å². The second-order valence-electron chi connectivity index (χ2n) is 6.59. The summed E-state index contributed by atoms with van der Waals surface area (Å²) in [5.41, 5.74) is 6.15. The zero-order chi connectivity index (χ0) is 24.2. The average Bonchev–Trinajstić information content (AvgIpc) is 3.12. The fraction of sp³-hybridized carbons (Fsp3) is 0.238. The molecule has 0 saturated heterocycles. The van der Waals surface area contributed by atoms with Gasteiger partial charge in [-0.2, -0.15) is 9.71 Å². The minimum absolute atomic E-state index is 0.00827. The van der Waals surface area contributed by atoms with Crippen molar-refractivity contribution in [2.75, 3.05) is 18.9 Å². The van der Waals surface area contributed by atoms with Gasteiger partial charge in [-0.15, -0.1) is 6.42 Å². The molecule has 2 aromatic heterocycles. The van der Waals surface area contributed by atoms with E-state index in [0.29, 0.717) is 0 Å². The Morgan fingerprint density at radius 1 is 1.24 bits per heavy atom. The number of sulfonamides is 1. The van der Waals surface area contributed by atoms with E-state index in [1.165, 1.54) is 18.2 Å². The van der Waals surface area contributed by atoms with Crippen LogP contribution in [-0.4, -0.2) is 43.5 Å². The number of benzene rings is 1. The number of nitrogen functional groups attached to an aromatic ring is 1. The second-order valence-corrected chi connectivity index (χ2v) is 8.36. The first-order valence-corrected chi connectivity index (χ1v) is 11.1. The van der Waals surface area contributed by atoms with E-state index in [4.69, 9.17) is 26.0 Å². The van der Waals surface area contributed by atoms with Crippen LogP contribution in [0.15, 0.2) is 33.6 Å². The number of terminal acetylenes is 1. The molecule has 0 radical (unpaired) electrons. The van der Waals surface area contributed by atoms with Crippen LogP contribution in [-0.2, 0) is 26.1 Å². The fourth-order valence-corrected chi connectivity index (χ4v) is 3.90. The molecule has 33 heavy (non-hydrogen) atoms. The Kier molecular flexibility index (Phi) is 6.95. The third-order valence-corrected chi connectivity index (χ3v) is 5.76. The number of aromatic nitrogens is 2. The standard InChI is InChI=1S/C21H20N4O7S/c1-4-9-23-33(28,29)14-8-6-7-13(10-14)20(26)31-11-15-24-18(22)17-16(21(27)30-5-2)12(3)32-19(17)25-15/h1,6-8,10,23H,5,9,11H2,2-3H3,(H2,22,24,25). The molecule has 172 valence electrons. The van der Waals surface area contributed by atoms with Crippen LogP contribution in [0.2, 0.25) is 0 Å². The van der Waals surface area contributed by atoms with Crippen molar-refractivity contribution in [1.82, 2.24) is 14.7 Å². The van der Waals surface area contributed by atoms with E-state index in [9.17, 15) is 18.0 Å². The Balaban J connectivity index is 1.80. The number of carbonyl (C=O) groups excluding carboxylic acids is 2. The minimum Gasteiger partial charge on any atom is -0.462 e. The molecule has 0 aliphatic carbocycles. The lowest BCUT2D eigenvalue weighted by atomic mass is 10.2. The number of nitrogens with zero attached hydrogens (tertiary/aromatic N) is 2. The molecule has 2 heterocycles. The maximum absolute atomic E-state index is 12.4. The number of aryl methyl sites for hydroxylation is 1. The van der Waals surface area contributed by atoms with Gasteiger partial charge in [-0.25, -0.2) is 23.0 Å². The van der Waals surface area contributed by atoms with Crippen LogP contribution < -0.4 is 10.5 Å². The molecule has 0 spiro atoms. The average molecular weight is 472 g/mol. The number of ether oxygens (including phenoxy) is 2. The molecule has 0 aliphatic heterocycles. The molecule has 0 saturated carbocycles. The van der Waals surface area contributed by atoms with Crippen LogP contribution in [0, 0.1) is 19.3 Å². The highest BCUT2D eigenvalue weighted by Gasteiger charge is 2.24. The summed E-state index contributed by atoms with van der Waals surface area (Å²) in [6.07, 6.45) is 5.07. The summed E-state index contributed by atoms with van der Waals surface area (Å²) < 4.78 is 42.3. The van der Waals surface area contributed by atoms with E-state index in [1.807, 2.05) is 0 Å². The Bertz CT molecular complexity index is 1370. The molecule has 1 aromatic carbocycles. The Labute approximate surface area is 189 Å². The van der Waals surface area contributed by atoms with Crippen LogP contribution in [0.5, 0.6) is 0 Å². The number of esters is 2. The summed E-state index contributed by atoms with van der Waals surface area (Å²) in [7, 11) is -3.88. The van der Waals surface area contributed by atoms with Crippen molar-refractivity contribution in [2.45, 2.75) is 25.3 Å². The number of furan rings is 1. The lowest BCUT2D eigenvalue weighted by Crippen LogP contribution is -2.24. The highest BCUT2D eigenvalue weighted by molar-refractivity contribution is 7.89. The third-order valence-electron chi connectivity index (χ3n) is 4.36. The zero-order valence-electron chi connectivity index (χ0n) is 17.7. The van der Waals surface area contributed by atoms with Crippen LogP contribution in [0.25, 0.3) is 11.1 Å². The van der Waals surface area contributed by atoms with Crippen LogP contribution >= 0.6 is 0 Å². The van der Waals surface area contributed by atoms with Gasteiger partial charge in [0.1, 0.15) is 17.1 Å². The summed E-state index contributed by atoms with van der Waals surface area (Å²) in [5.74, 6) is 0.979. The molecule has 0 unspecified atom stereocenters. The number of hydrogen-bond donors (Lipinski definition) is 2. The van der Waals surface area contributed by atoms with Gasteiger partial charge in [0.2, 0.25) is 15.7 Å². The van der Waals surface area contributed by atoms with Gasteiger partial charge in [0, 0.05) is 0 Å². The number of nitrogens with one attached hydrogen (secondary N) is 1. The van der Waals surface area contributed by atoms with Crippen molar-refractivity contribution >= 4 is 38.9 Å².